The van der Waals surface area contributed by atoms with Gasteiger partial charge in [0.1, 0.15) is 16.6 Å². The first-order valence-electron chi connectivity index (χ1n) is 11.4. The number of aromatic nitrogens is 3. The molecule has 0 radical (unpaired) electrons. The highest BCUT2D eigenvalue weighted by Crippen LogP contribution is 2.27. The SMILES string of the molecule is C/C=C/N=C(/C(F)=C/n1c(C)cc(C(C)Cc2cnn(C(F)F)c2)c(Cl)c1=O)c1cccc(S(C)=O)c1F. The van der Waals surface area contributed by atoms with Gasteiger partial charge in [-0.1, -0.05) is 30.7 Å². The highest BCUT2D eigenvalue weighted by Gasteiger charge is 2.21. The zero-order valence-electron chi connectivity index (χ0n) is 21.0. The van der Waals surface area contributed by atoms with Crippen molar-refractivity contribution in [3.63, 3.8) is 0 Å². The van der Waals surface area contributed by atoms with Crippen LogP contribution in [-0.4, -0.2) is 30.5 Å². The van der Waals surface area contributed by atoms with Gasteiger partial charge in [0.15, 0.2) is 5.83 Å². The summed E-state index contributed by atoms with van der Waals surface area (Å²) in [6.07, 6.45) is 7.77. The Morgan fingerprint density at radius 2 is 2.03 bits per heavy atom. The lowest BCUT2D eigenvalue weighted by Crippen LogP contribution is -2.22. The van der Waals surface area contributed by atoms with Gasteiger partial charge in [-0.3, -0.25) is 18.6 Å². The fourth-order valence-electron chi connectivity index (χ4n) is 3.82. The van der Waals surface area contributed by atoms with Crippen molar-refractivity contribution in [3.05, 3.63) is 98.3 Å². The molecule has 0 aliphatic rings. The fourth-order valence-corrected chi connectivity index (χ4v) is 4.78. The van der Waals surface area contributed by atoms with Gasteiger partial charge < -0.3 is 0 Å². The molecule has 1 aromatic carbocycles. The summed E-state index contributed by atoms with van der Waals surface area (Å²) in [5, 5.41) is 3.44. The number of aliphatic imine (C=N–C) groups is 1. The summed E-state index contributed by atoms with van der Waals surface area (Å²) in [5.41, 5.74) is -0.0327. The van der Waals surface area contributed by atoms with E-state index in [1.807, 2.05) is 0 Å². The van der Waals surface area contributed by atoms with E-state index in [-0.39, 0.29) is 27.8 Å². The maximum Gasteiger partial charge on any atom is 0.333 e. The largest absolute Gasteiger partial charge is 0.333 e. The third-order valence-corrected chi connectivity index (χ3v) is 7.00. The number of nitrogens with zero attached hydrogens (tertiary/aromatic N) is 4. The van der Waals surface area contributed by atoms with Crippen molar-refractivity contribution < 1.29 is 21.8 Å². The topological polar surface area (TPSA) is 69.2 Å². The Hall–Kier alpha value is -3.31. The number of rotatable bonds is 9. The van der Waals surface area contributed by atoms with Crippen LogP contribution in [0.3, 0.4) is 0 Å². The normalized spacial score (nSPS) is 14.5. The minimum Gasteiger partial charge on any atom is -0.284 e. The summed E-state index contributed by atoms with van der Waals surface area (Å²) < 4.78 is 69.7. The second-order valence-corrected chi connectivity index (χ2v) is 10.2. The molecule has 3 aromatic rings. The van der Waals surface area contributed by atoms with Crippen LogP contribution in [0.15, 0.2) is 69.4 Å². The van der Waals surface area contributed by atoms with Crippen molar-refractivity contribution in [2.75, 3.05) is 6.26 Å². The summed E-state index contributed by atoms with van der Waals surface area (Å²) in [5.74, 6) is -2.25. The predicted octanol–water partition coefficient (Wildman–Crippen LogP) is 6.42. The molecule has 2 atom stereocenters. The molecular formula is C26H25ClF4N4O2S. The lowest BCUT2D eigenvalue weighted by atomic mass is 9.95. The molecule has 2 aromatic heterocycles. The molecule has 0 amide bonds. The first-order chi connectivity index (χ1) is 18.0. The van der Waals surface area contributed by atoms with Crippen molar-refractivity contribution in [2.24, 2.45) is 4.99 Å². The van der Waals surface area contributed by atoms with Gasteiger partial charge in [-0.05, 0) is 55.5 Å². The molecular weight excluding hydrogens is 544 g/mol. The second-order valence-electron chi connectivity index (χ2n) is 8.45. The number of alkyl halides is 2. The van der Waals surface area contributed by atoms with E-state index in [2.05, 4.69) is 10.1 Å². The minimum atomic E-state index is -2.77. The highest BCUT2D eigenvalue weighted by molar-refractivity contribution is 7.84. The number of pyridine rings is 1. The van der Waals surface area contributed by atoms with Gasteiger partial charge in [0, 0.05) is 29.9 Å². The first kappa shape index (κ1) is 29.2. The van der Waals surface area contributed by atoms with Crippen molar-refractivity contribution in [1.29, 1.82) is 0 Å². The number of halogens is 5. The molecule has 0 aliphatic carbocycles. The van der Waals surface area contributed by atoms with Crippen molar-refractivity contribution in [2.45, 2.75) is 44.6 Å². The summed E-state index contributed by atoms with van der Waals surface area (Å²) >= 11 is 6.37. The van der Waals surface area contributed by atoms with Crippen LogP contribution in [0.1, 0.15) is 48.7 Å². The Bertz CT molecular complexity index is 1510. The van der Waals surface area contributed by atoms with Gasteiger partial charge in [0.05, 0.1) is 28.1 Å². The lowest BCUT2D eigenvalue weighted by molar-refractivity contribution is 0.0565. The highest BCUT2D eigenvalue weighted by atomic mass is 35.5. The van der Waals surface area contributed by atoms with Crippen LogP contribution < -0.4 is 5.56 Å². The summed E-state index contributed by atoms with van der Waals surface area (Å²) in [4.78, 5) is 17.0. The summed E-state index contributed by atoms with van der Waals surface area (Å²) in [7, 11) is -1.66. The molecule has 0 saturated heterocycles. The quantitative estimate of drug-likeness (QED) is 0.221. The third-order valence-electron chi connectivity index (χ3n) is 5.68. The average molecular weight is 569 g/mol. The summed E-state index contributed by atoms with van der Waals surface area (Å²) in [6.45, 7) is 2.22. The van der Waals surface area contributed by atoms with Gasteiger partial charge >= 0.3 is 6.55 Å². The van der Waals surface area contributed by atoms with Crippen LogP contribution in [0, 0.1) is 12.7 Å². The Morgan fingerprint density at radius 3 is 2.63 bits per heavy atom. The molecule has 6 nitrogen and oxygen atoms in total. The number of hydrogen-bond acceptors (Lipinski definition) is 4. The molecule has 2 heterocycles. The number of allylic oxidation sites excluding steroid dienone is 2. The Labute approximate surface area is 224 Å². The van der Waals surface area contributed by atoms with Gasteiger partial charge in [0.25, 0.3) is 5.56 Å². The van der Waals surface area contributed by atoms with E-state index in [1.165, 1.54) is 49.1 Å². The molecule has 202 valence electrons. The number of benzene rings is 1. The summed E-state index contributed by atoms with van der Waals surface area (Å²) in [6, 6.07) is 5.66. The molecule has 38 heavy (non-hydrogen) atoms. The van der Waals surface area contributed by atoms with Gasteiger partial charge in [-0.25, -0.2) is 13.5 Å². The van der Waals surface area contributed by atoms with Crippen LogP contribution in [0.2, 0.25) is 5.02 Å². The monoisotopic (exact) mass is 568 g/mol. The smallest absolute Gasteiger partial charge is 0.284 e. The fraction of sp³-hybridized carbons (Fsp3) is 0.269. The van der Waals surface area contributed by atoms with E-state index >= 15 is 8.78 Å². The van der Waals surface area contributed by atoms with Crippen LogP contribution in [0.5, 0.6) is 0 Å². The van der Waals surface area contributed by atoms with Crippen molar-refractivity contribution >= 4 is 34.3 Å². The standard InChI is InChI=1S/C26H25ClF4N4O2S/c1-5-9-32-24(18-7-6-8-21(23(18)29)38(4)37)20(28)14-34-16(3)11-19(22(27)25(34)36)15(2)10-17-12-33-35(13-17)26(30)31/h5-9,11-15,26H,10H2,1-4H3/b9-5+,20-14-,32-24+. The van der Waals surface area contributed by atoms with E-state index in [0.717, 1.165) is 10.8 Å². The lowest BCUT2D eigenvalue weighted by Gasteiger charge is -2.16. The van der Waals surface area contributed by atoms with E-state index in [1.54, 1.807) is 26.8 Å². The molecule has 0 fully saturated rings. The maximum absolute atomic E-state index is 15.6. The van der Waals surface area contributed by atoms with Crippen molar-refractivity contribution in [3.8, 4) is 0 Å². The van der Waals surface area contributed by atoms with Crippen LogP contribution in [-0.2, 0) is 17.2 Å². The molecule has 0 saturated carbocycles. The second kappa shape index (κ2) is 12.5. The molecule has 0 N–H and O–H groups in total. The third kappa shape index (κ3) is 6.39. The molecule has 0 aliphatic heterocycles. The van der Waals surface area contributed by atoms with E-state index in [9.17, 15) is 17.8 Å². The predicted molar refractivity (Wildman–Crippen MR) is 142 cm³/mol. The van der Waals surface area contributed by atoms with E-state index in [0.29, 0.717) is 21.5 Å². The molecule has 0 bridgehead atoms. The molecule has 0 spiro atoms. The molecule has 2 unspecified atom stereocenters. The first-order valence-corrected chi connectivity index (χ1v) is 13.3. The minimum absolute atomic E-state index is 0.114. The number of hydrogen-bond donors (Lipinski definition) is 0. The van der Waals surface area contributed by atoms with E-state index in [4.69, 9.17) is 11.6 Å². The molecule has 3 rings (SSSR count). The Balaban J connectivity index is 2.03. The maximum atomic E-state index is 15.6. The zero-order valence-corrected chi connectivity index (χ0v) is 22.5. The molecule has 12 heteroatoms. The number of aryl methyl sites for hydroxylation is 1. The van der Waals surface area contributed by atoms with Gasteiger partial charge in [0.2, 0.25) is 0 Å². The van der Waals surface area contributed by atoms with Crippen LogP contribution in [0.25, 0.3) is 6.20 Å². The Morgan fingerprint density at radius 1 is 1.32 bits per heavy atom. The van der Waals surface area contributed by atoms with Crippen LogP contribution >= 0.6 is 11.6 Å². The van der Waals surface area contributed by atoms with Crippen molar-refractivity contribution in [1.82, 2.24) is 14.3 Å². The van der Waals surface area contributed by atoms with Crippen LogP contribution in [0.4, 0.5) is 17.6 Å². The van der Waals surface area contributed by atoms with Gasteiger partial charge in [-0.2, -0.15) is 13.9 Å². The Kier molecular flexibility index (Phi) is 9.61. The average Bonchev–Trinajstić information content (AvgIpc) is 3.33. The van der Waals surface area contributed by atoms with E-state index < -0.39 is 40.3 Å². The van der Waals surface area contributed by atoms with Gasteiger partial charge in [-0.15, -0.1) is 0 Å². The zero-order chi connectivity index (χ0) is 28.1.